The summed E-state index contributed by atoms with van der Waals surface area (Å²) in [6, 6.07) is 2.10. The highest BCUT2D eigenvalue weighted by Gasteiger charge is 2.33. The molecule has 4 heterocycles. The first-order chi connectivity index (χ1) is 12.6. The first kappa shape index (κ1) is 17.9. The van der Waals surface area contributed by atoms with Crippen molar-refractivity contribution in [2.24, 2.45) is 0 Å². The Morgan fingerprint density at radius 2 is 1.69 bits per heavy atom. The fourth-order valence-electron chi connectivity index (χ4n) is 4.22. The van der Waals surface area contributed by atoms with E-state index in [1.807, 2.05) is 0 Å². The van der Waals surface area contributed by atoms with Crippen LogP contribution >= 0.6 is 0 Å². The van der Waals surface area contributed by atoms with Crippen molar-refractivity contribution >= 4 is 11.8 Å². The Bertz CT molecular complexity index is 606. The molecule has 7 heteroatoms. The molecule has 144 valence electrons. The van der Waals surface area contributed by atoms with Gasteiger partial charge in [0.1, 0.15) is 5.82 Å². The first-order valence-corrected chi connectivity index (χ1v) is 9.99. The topological polar surface area (TPSA) is 65.0 Å². The predicted molar refractivity (Wildman–Crippen MR) is 102 cm³/mol. The lowest BCUT2D eigenvalue weighted by Gasteiger charge is -2.41. The van der Waals surface area contributed by atoms with Crippen molar-refractivity contribution in [1.29, 1.82) is 0 Å². The van der Waals surface area contributed by atoms with Gasteiger partial charge in [-0.25, -0.2) is 4.98 Å². The smallest absolute Gasteiger partial charge is 0.227 e. The van der Waals surface area contributed by atoms with Gasteiger partial charge in [0.15, 0.2) is 0 Å². The van der Waals surface area contributed by atoms with Crippen LogP contribution in [0.4, 0.5) is 11.8 Å². The lowest BCUT2D eigenvalue weighted by atomic mass is 9.93. The van der Waals surface area contributed by atoms with Gasteiger partial charge in [-0.15, -0.1) is 0 Å². The Labute approximate surface area is 156 Å². The first-order valence-electron chi connectivity index (χ1n) is 9.99. The van der Waals surface area contributed by atoms with Crippen LogP contribution in [-0.4, -0.2) is 84.6 Å². The van der Waals surface area contributed by atoms with Crippen LogP contribution in [0.15, 0.2) is 6.07 Å². The molecule has 3 aliphatic heterocycles. The SMILES string of the molecule is Cc1cc(N2CCCC2)nc(N2CCN(CC3(O)CCOCC3)CC2)n1. The van der Waals surface area contributed by atoms with Crippen LogP contribution < -0.4 is 9.80 Å². The predicted octanol–water partition coefficient (Wildman–Crippen LogP) is 1.05. The standard InChI is InChI=1S/C19H31N5O2/c1-16-14-17(23-6-2-3-7-23)21-18(20-16)24-10-8-22(9-11-24)15-19(25)4-12-26-13-5-19/h14,25H,2-13,15H2,1H3. The molecular formula is C19H31N5O2. The van der Waals surface area contributed by atoms with E-state index in [4.69, 9.17) is 9.72 Å². The Kier molecular flexibility index (Phi) is 5.29. The second-order valence-electron chi connectivity index (χ2n) is 7.96. The number of hydrogen-bond acceptors (Lipinski definition) is 7. The third-order valence-electron chi connectivity index (χ3n) is 5.86. The van der Waals surface area contributed by atoms with Gasteiger partial charge < -0.3 is 19.6 Å². The molecule has 0 saturated carbocycles. The maximum atomic E-state index is 10.7. The molecule has 0 atom stereocenters. The number of aromatic nitrogens is 2. The molecule has 1 N–H and O–H groups in total. The van der Waals surface area contributed by atoms with Gasteiger partial charge in [-0.2, -0.15) is 4.98 Å². The van der Waals surface area contributed by atoms with Gasteiger partial charge in [-0.1, -0.05) is 0 Å². The summed E-state index contributed by atoms with van der Waals surface area (Å²) in [7, 11) is 0. The maximum absolute atomic E-state index is 10.7. The zero-order chi connectivity index (χ0) is 18.0. The number of ether oxygens (including phenoxy) is 1. The van der Waals surface area contributed by atoms with E-state index in [0.29, 0.717) is 13.2 Å². The van der Waals surface area contributed by atoms with Crippen LogP contribution in [0.5, 0.6) is 0 Å². The summed E-state index contributed by atoms with van der Waals surface area (Å²) in [5.41, 5.74) is 0.458. The van der Waals surface area contributed by atoms with Crippen molar-refractivity contribution in [3.63, 3.8) is 0 Å². The van der Waals surface area contributed by atoms with Crippen molar-refractivity contribution in [3.8, 4) is 0 Å². The highest BCUT2D eigenvalue weighted by Crippen LogP contribution is 2.24. The number of hydrogen-bond donors (Lipinski definition) is 1. The molecule has 1 aromatic rings. The molecule has 4 rings (SSSR count). The summed E-state index contributed by atoms with van der Waals surface area (Å²) in [6.45, 7) is 10.1. The van der Waals surface area contributed by atoms with E-state index in [9.17, 15) is 5.11 Å². The van der Waals surface area contributed by atoms with E-state index >= 15 is 0 Å². The van der Waals surface area contributed by atoms with Crippen LogP contribution in [0.25, 0.3) is 0 Å². The van der Waals surface area contributed by atoms with E-state index in [0.717, 1.165) is 76.1 Å². The van der Waals surface area contributed by atoms with E-state index in [-0.39, 0.29) is 0 Å². The largest absolute Gasteiger partial charge is 0.388 e. The molecule has 0 aliphatic carbocycles. The molecular weight excluding hydrogens is 330 g/mol. The average Bonchev–Trinajstić information content (AvgIpc) is 3.17. The van der Waals surface area contributed by atoms with Gasteiger partial charge in [0, 0.05) is 83.6 Å². The van der Waals surface area contributed by atoms with Gasteiger partial charge in [-0.05, 0) is 19.8 Å². The van der Waals surface area contributed by atoms with E-state index in [1.54, 1.807) is 0 Å². The van der Waals surface area contributed by atoms with Crippen molar-refractivity contribution in [1.82, 2.24) is 14.9 Å². The average molecular weight is 361 g/mol. The molecule has 0 unspecified atom stereocenters. The Morgan fingerprint density at radius 3 is 2.38 bits per heavy atom. The molecule has 0 amide bonds. The summed E-state index contributed by atoms with van der Waals surface area (Å²) >= 11 is 0. The Balaban J connectivity index is 1.37. The van der Waals surface area contributed by atoms with Crippen LogP contribution in [-0.2, 0) is 4.74 Å². The summed E-state index contributed by atoms with van der Waals surface area (Å²) in [4.78, 5) is 16.6. The third kappa shape index (κ3) is 4.10. The van der Waals surface area contributed by atoms with Crippen LogP contribution in [0.1, 0.15) is 31.4 Å². The minimum Gasteiger partial charge on any atom is -0.388 e. The number of piperazine rings is 1. The summed E-state index contributed by atoms with van der Waals surface area (Å²) in [6.07, 6.45) is 4.00. The van der Waals surface area contributed by atoms with E-state index in [2.05, 4.69) is 32.7 Å². The van der Waals surface area contributed by atoms with Crippen LogP contribution in [0, 0.1) is 6.92 Å². The van der Waals surface area contributed by atoms with Gasteiger partial charge in [0.2, 0.25) is 5.95 Å². The Morgan fingerprint density at radius 1 is 1.00 bits per heavy atom. The number of aryl methyl sites for hydroxylation is 1. The molecule has 1 aromatic heterocycles. The number of anilines is 2. The summed E-state index contributed by atoms with van der Waals surface area (Å²) in [5.74, 6) is 1.93. The number of rotatable bonds is 4. The highest BCUT2D eigenvalue weighted by atomic mass is 16.5. The fraction of sp³-hybridized carbons (Fsp3) is 0.789. The summed E-state index contributed by atoms with van der Waals surface area (Å²) < 4.78 is 5.39. The highest BCUT2D eigenvalue weighted by molar-refractivity contribution is 5.46. The minimum absolute atomic E-state index is 0.580. The van der Waals surface area contributed by atoms with Gasteiger partial charge in [0.25, 0.3) is 0 Å². The van der Waals surface area contributed by atoms with Crippen LogP contribution in [0.2, 0.25) is 0 Å². The maximum Gasteiger partial charge on any atom is 0.227 e. The number of nitrogens with zero attached hydrogens (tertiary/aromatic N) is 5. The lowest BCUT2D eigenvalue weighted by molar-refractivity contribution is -0.0802. The van der Waals surface area contributed by atoms with Crippen molar-refractivity contribution in [2.45, 2.75) is 38.2 Å². The fourth-order valence-corrected chi connectivity index (χ4v) is 4.22. The van der Waals surface area contributed by atoms with Gasteiger partial charge in [-0.3, -0.25) is 4.90 Å². The molecule has 0 aromatic carbocycles. The Hall–Kier alpha value is -1.44. The van der Waals surface area contributed by atoms with Crippen molar-refractivity contribution in [2.75, 3.05) is 68.8 Å². The molecule has 0 radical (unpaired) electrons. The third-order valence-corrected chi connectivity index (χ3v) is 5.86. The molecule has 3 fully saturated rings. The second-order valence-corrected chi connectivity index (χ2v) is 7.96. The molecule has 3 saturated heterocycles. The molecule has 3 aliphatic rings. The van der Waals surface area contributed by atoms with Gasteiger partial charge in [0.05, 0.1) is 5.60 Å². The zero-order valence-electron chi connectivity index (χ0n) is 15.9. The van der Waals surface area contributed by atoms with Crippen LogP contribution in [0.3, 0.4) is 0 Å². The number of aliphatic hydroxyl groups is 1. The lowest BCUT2D eigenvalue weighted by Crippen LogP contribution is -2.53. The monoisotopic (exact) mass is 361 g/mol. The minimum atomic E-state index is -0.580. The molecule has 7 nitrogen and oxygen atoms in total. The zero-order valence-corrected chi connectivity index (χ0v) is 15.9. The molecule has 0 spiro atoms. The van der Waals surface area contributed by atoms with Crippen molar-refractivity contribution < 1.29 is 9.84 Å². The summed E-state index contributed by atoms with van der Waals surface area (Å²) in [5, 5.41) is 10.7. The number of β-amino-alcohol motifs (C(OH)–C–C–N with tert-alkyl or cyclic N) is 1. The van der Waals surface area contributed by atoms with Gasteiger partial charge >= 0.3 is 0 Å². The molecule has 26 heavy (non-hydrogen) atoms. The molecule has 0 bridgehead atoms. The van der Waals surface area contributed by atoms with E-state index < -0.39 is 5.60 Å². The second kappa shape index (κ2) is 7.66. The van der Waals surface area contributed by atoms with E-state index in [1.165, 1.54) is 12.8 Å². The normalized spacial score (nSPS) is 24.2. The van der Waals surface area contributed by atoms with Crippen molar-refractivity contribution in [3.05, 3.63) is 11.8 Å². The quantitative estimate of drug-likeness (QED) is 0.860.